The number of carbonyl (C=O) groups excluding carboxylic acids is 2. The minimum Gasteiger partial charge on any atom is -0.398 e. The summed E-state index contributed by atoms with van der Waals surface area (Å²) in [6, 6.07) is 3.04. The summed E-state index contributed by atoms with van der Waals surface area (Å²) in [6.07, 6.45) is -0.176. The van der Waals surface area contributed by atoms with Gasteiger partial charge >= 0.3 is 0 Å². The van der Waals surface area contributed by atoms with Gasteiger partial charge in [0.1, 0.15) is 6.04 Å². The van der Waals surface area contributed by atoms with Crippen LogP contribution in [0.15, 0.2) is 27.6 Å². The zero-order chi connectivity index (χ0) is 15.1. The van der Waals surface area contributed by atoms with Crippen molar-refractivity contribution in [1.82, 2.24) is 9.62 Å². The lowest BCUT2D eigenvalue weighted by molar-refractivity contribution is -0.137. The van der Waals surface area contributed by atoms with Gasteiger partial charge in [-0.1, -0.05) is 0 Å². The highest BCUT2D eigenvalue weighted by atomic mass is 79.9. The molecule has 0 radical (unpaired) electrons. The van der Waals surface area contributed by atoms with E-state index in [9.17, 15) is 18.0 Å². The summed E-state index contributed by atoms with van der Waals surface area (Å²) in [5, 5.41) is 0. The number of amides is 2. The number of halogens is 1. The quantitative estimate of drug-likeness (QED) is 0.584. The Morgan fingerprint density at radius 2 is 2.05 bits per heavy atom. The lowest BCUT2D eigenvalue weighted by atomic mass is 10.3. The summed E-state index contributed by atoms with van der Waals surface area (Å²) in [5.74, 6) is -0.978. The van der Waals surface area contributed by atoms with Crippen molar-refractivity contribution in [2.45, 2.75) is 17.4 Å². The predicted molar refractivity (Wildman–Crippen MR) is 75.1 cm³/mol. The molecule has 9 heteroatoms. The molecule has 1 saturated heterocycles. The first-order valence-electron chi connectivity index (χ1n) is 5.60. The Kier molecular flexibility index (Phi) is 3.85. The van der Waals surface area contributed by atoms with Gasteiger partial charge in [-0.05, 0) is 34.1 Å². The zero-order valence-corrected chi connectivity index (χ0v) is 12.9. The second-order valence-corrected chi connectivity index (χ2v) is 6.92. The molecule has 2 amide bonds. The summed E-state index contributed by atoms with van der Waals surface area (Å²) in [4.78, 5) is 23.9. The van der Waals surface area contributed by atoms with Crippen molar-refractivity contribution < 1.29 is 18.0 Å². The average Bonchev–Trinajstić information content (AvgIpc) is 2.60. The standard InChI is InChI=1S/C11H12BrN3O4S/c1-15-10(16)5-9(11(15)17)14-20(18,19)6-2-3-8(13)7(12)4-6/h2-4,9,14H,5,13H2,1H3. The smallest absolute Gasteiger partial charge is 0.247 e. The molecule has 2 rings (SSSR count). The highest BCUT2D eigenvalue weighted by molar-refractivity contribution is 9.10. The monoisotopic (exact) mass is 361 g/mol. The molecule has 0 saturated carbocycles. The van der Waals surface area contributed by atoms with Crippen molar-refractivity contribution in [2.24, 2.45) is 0 Å². The number of likely N-dealkylation sites (N-methyl/N-ethyl adjacent to an activating group) is 1. The van der Waals surface area contributed by atoms with Crippen LogP contribution in [0.5, 0.6) is 0 Å². The van der Waals surface area contributed by atoms with E-state index in [2.05, 4.69) is 20.7 Å². The molecule has 3 N–H and O–H groups in total. The largest absolute Gasteiger partial charge is 0.398 e. The van der Waals surface area contributed by atoms with E-state index < -0.39 is 27.9 Å². The van der Waals surface area contributed by atoms with Gasteiger partial charge in [0.25, 0.3) is 0 Å². The molecule has 108 valence electrons. The van der Waals surface area contributed by atoms with Crippen molar-refractivity contribution in [3.8, 4) is 0 Å². The van der Waals surface area contributed by atoms with Crippen molar-refractivity contribution in [1.29, 1.82) is 0 Å². The van der Waals surface area contributed by atoms with Gasteiger partial charge in [0.05, 0.1) is 11.3 Å². The van der Waals surface area contributed by atoms with E-state index in [1.54, 1.807) is 0 Å². The number of carbonyl (C=O) groups is 2. The number of nitrogens with zero attached hydrogens (tertiary/aromatic N) is 1. The third-order valence-corrected chi connectivity index (χ3v) is 5.12. The van der Waals surface area contributed by atoms with Crippen LogP contribution in [-0.2, 0) is 19.6 Å². The molecular weight excluding hydrogens is 350 g/mol. The predicted octanol–water partition coefficient (Wildman–Crippen LogP) is 0.0669. The van der Waals surface area contributed by atoms with Crippen LogP contribution in [-0.4, -0.2) is 38.2 Å². The maximum Gasteiger partial charge on any atom is 0.247 e. The molecule has 1 fully saturated rings. The fourth-order valence-electron chi connectivity index (χ4n) is 1.78. The summed E-state index contributed by atoms with van der Waals surface area (Å²) in [5.41, 5.74) is 5.99. The normalized spacial score (nSPS) is 19.7. The minimum atomic E-state index is -3.90. The number of hydrogen-bond acceptors (Lipinski definition) is 5. The van der Waals surface area contributed by atoms with Gasteiger partial charge in [0.2, 0.25) is 21.8 Å². The summed E-state index contributed by atoms with van der Waals surface area (Å²) >= 11 is 3.14. The number of sulfonamides is 1. The molecular formula is C11H12BrN3O4S. The van der Waals surface area contributed by atoms with Crippen LogP contribution in [0.1, 0.15) is 6.42 Å². The molecule has 1 heterocycles. The number of rotatable bonds is 3. The van der Waals surface area contributed by atoms with Gasteiger partial charge in [-0.3, -0.25) is 14.5 Å². The van der Waals surface area contributed by atoms with Crippen LogP contribution in [0.25, 0.3) is 0 Å². The number of imide groups is 1. The fourth-order valence-corrected chi connectivity index (χ4v) is 3.52. The Balaban J connectivity index is 2.26. The number of benzene rings is 1. The topological polar surface area (TPSA) is 110 Å². The van der Waals surface area contributed by atoms with Crippen LogP contribution in [0.4, 0.5) is 5.69 Å². The third-order valence-electron chi connectivity index (χ3n) is 2.96. The van der Waals surface area contributed by atoms with E-state index in [4.69, 9.17) is 5.73 Å². The van der Waals surface area contributed by atoms with Crippen LogP contribution in [0.3, 0.4) is 0 Å². The number of nitrogen functional groups attached to an aromatic ring is 1. The molecule has 0 bridgehead atoms. The Morgan fingerprint density at radius 1 is 1.40 bits per heavy atom. The van der Waals surface area contributed by atoms with E-state index in [0.29, 0.717) is 10.2 Å². The molecule has 1 aliphatic heterocycles. The Morgan fingerprint density at radius 3 is 2.55 bits per heavy atom. The summed E-state index contributed by atoms with van der Waals surface area (Å²) in [6.45, 7) is 0. The maximum absolute atomic E-state index is 12.2. The summed E-state index contributed by atoms with van der Waals surface area (Å²) in [7, 11) is -2.58. The lowest BCUT2D eigenvalue weighted by Crippen LogP contribution is -2.40. The molecule has 1 aliphatic rings. The minimum absolute atomic E-state index is 0.0339. The second-order valence-electron chi connectivity index (χ2n) is 4.35. The van der Waals surface area contributed by atoms with Gasteiger partial charge in [-0.2, -0.15) is 4.72 Å². The van der Waals surface area contributed by atoms with Crippen molar-refractivity contribution >= 4 is 43.5 Å². The molecule has 1 aromatic rings. The highest BCUT2D eigenvalue weighted by Crippen LogP contribution is 2.23. The highest BCUT2D eigenvalue weighted by Gasteiger charge is 2.38. The van der Waals surface area contributed by atoms with Crippen LogP contribution in [0.2, 0.25) is 0 Å². The average molecular weight is 362 g/mol. The van der Waals surface area contributed by atoms with Crippen molar-refractivity contribution in [3.05, 3.63) is 22.7 Å². The SMILES string of the molecule is CN1C(=O)CC(NS(=O)(=O)c2ccc(N)c(Br)c2)C1=O. The third kappa shape index (κ3) is 2.69. The molecule has 0 aromatic heterocycles. The Hall–Kier alpha value is -1.45. The molecule has 1 unspecified atom stereocenters. The van der Waals surface area contributed by atoms with Gasteiger partial charge < -0.3 is 5.73 Å². The molecule has 20 heavy (non-hydrogen) atoms. The van der Waals surface area contributed by atoms with Gasteiger partial charge in [0, 0.05) is 17.2 Å². The van der Waals surface area contributed by atoms with Crippen LogP contribution in [0, 0.1) is 0 Å². The molecule has 7 nitrogen and oxygen atoms in total. The Labute approximate surface area is 124 Å². The molecule has 1 aromatic carbocycles. The number of nitrogens with two attached hydrogens (primary N) is 1. The molecule has 0 aliphatic carbocycles. The second kappa shape index (κ2) is 5.15. The number of likely N-dealkylation sites (tertiary alicyclic amines) is 1. The zero-order valence-electron chi connectivity index (χ0n) is 10.5. The maximum atomic E-state index is 12.2. The van der Waals surface area contributed by atoms with Crippen LogP contribution >= 0.6 is 15.9 Å². The van der Waals surface area contributed by atoms with Crippen molar-refractivity contribution in [2.75, 3.05) is 12.8 Å². The van der Waals surface area contributed by atoms with Gasteiger partial charge in [-0.15, -0.1) is 0 Å². The fraction of sp³-hybridized carbons (Fsp3) is 0.273. The number of hydrogen-bond donors (Lipinski definition) is 2. The van der Waals surface area contributed by atoms with E-state index in [-0.39, 0.29) is 11.3 Å². The van der Waals surface area contributed by atoms with E-state index in [1.165, 1.54) is 25.2 Å². The van der Waals surface area contributed by atoms with E-state index in [1.807, 2.05) is 0 Å². The van der Waals surface area contributed by atoms with Gasteiger partial charge in [-0.25, -0.2) is 8.42 Å². The molecule has 1 atom stereocenters. The molecule has 0 spiro atoms. The first-order valence-corrected chi connectivity index (χ1v) is 7.88. The number of nitrogens with one attached hydrogen (secondary N) is 1. The van der Waals surface area contributed by atoms with Gasteiger partial charge in [0.15, 0.2) is 0 Å². The number of anilines is 1. The Bertz CT molecular complexity index is 689. The summed E-state index contributed by atoms with van der Waals surface area (Å²) < 4.78 is 27.0. The van der Waals surface area contributed by atoms with E-state index in [0.717, 1.165) is 4.90 Å². The van der Waals surface area contributed by atoms with E-state index >= 15 is 0 Å². The first-order chi connectivity index (χ1) is 9.22. The lowest BCUT2D eigenvalue weighted by Gasteiger charge is -2.12. The van der Waals surface area contributed by atoms with Crippen molar-refractivity contribution in [3.63, 3.8) is 0 Å². The van der Waals surface area contributed by atoms with Crippen LogP contribution < -0.4 is 10.5 Å². The first kappa shape index (κ1) is 14.9.